The Balaban J connectivity index is 2.11. The highest BCUT2D eigenvalue weighted by atomic mass is 35.5. The third-order valence-electron chi connectivity index (χ3n) is 4.11. The van der Waals surface area contributed by atoms with Crippen molar-refractivity contribution in [3.8, 4) is 0 Å². The monoisotopic (exact) mass is 312 g/mol. The quantitative estimate of drug-likeness (QED) is 0.841. The Morgan fingerprint density at radius 3 is 2.59 bits per heavy atom. The zero-order chi connectivity index (χ0) is 15.5. The van der Waals surface area contributed by atoms with Gasteiger partial charge in [0.25, 0.3) is 0 Å². The lowest BCUT2D eigenvalue weighted by molar-refractivity contribution is 0.420. The maximum atomic E-state index is 6.44. The summed E-state index contributed by atoms with van der Waals surface area (Å²) >= 11 is 6.44. The number of aryl methyl sites for hydroxylation is 1. The van der Waals surface area contributed by atoms with Gasteiger partial charge in [0.05, 0.1) is 12.3 Å². The SMILES string of the molecule is CN(C)CC/N=C1/c2ccccc2CCc2c(Cl)cccc21. The molecule has 0 aliphatic heterocycles. The molecule has 0 saturated heterocycles. The number of hydrogen-bond acceptors (Lipinski definition) is 2. The van der Waals surface area contributed by atoms with Crippen molar-refractivity contribution in [1.82, 2.24) is 4.90 Å². The van der Waals surface area contributed by atoms with E-state index in [0.29, 0.717) is 0 Å². The average molecular weight is 313 g/mol. The molecule has 2 aromatic carbocycles. The van der Waals surface area contributed by atoms with Gasteiger partial charge < -0.3 is 4.90 Å². The summed E-state index contributed by atoms with van der Waals surface area (Å²) in [5.74, 6) is 0. The predicted octanol–water partition coefficient (Wildman–Crippen LogP) is 3.84. The fourth-order valence-electron chi connectivity index (χ4n) is 2.94. The molecule has 0 fully saturated rings. The van der Waals surface area contributed by atoms with Gasteiger partial charge in [0, 0.05) is 22.7 Å². The summed E-state index contributed by atoms with van der Waals surface area (Å²) in [6.45, 7) is 1.74. The van der Waals surface area contributed by atoms with Gasteiger partial charge in [0.2, 0.25) is 0 Å². The molecule has 0 N–H and O–H groups in total. The summed E-state index contributed by atoms with van der Waals surface area (Å²) in [5, 5.41) is 0.852. The smallest absolute Gasteiger partial charge is 0.0725 e. The molecule has 1 aliphatic carbocycles. The van der Waals surface area contributed by atoms with Gasteiger partial charge in [-0.1, -0.05) is 48.0 Å². The largest absolute Gasteiger partial charge is 0.308 e. The molecule has 0 unspecified atom stereocenters. The van der Waals surface area contributed by atoms with E-state index in [4.69, 9.17) is 16.6 Å². The van der Waals surface area contributed by atoms with Crippen molar-refractivity contribution in [2.45, 2.75) is 12.8 Å². The summed E-state index contributed by atoms with van der Waals surface area (Å²) in [6.07, 6.45) is 1.98. The summed E-state index contributed by atoms with van der Waals surface area (Å²) in [5.41, 5.74) is 6.12. The van der Waals surface area contributed by atoms with Gasteiger partial charge in [0.1, 0.15) is 0 Å². The highest BCUT2D eigenvalue weighted by Gasteiger charge is 2.20. The first-order valence-corrected chi connectivity index (χ1v) is 8.10. The fourth-order valence-corrected chi connectivity index (χ4v) is 3.21. The van der Waals surface area contributed by atoms with Gasteiger partial charge in [-0.05, 0) is 44.1 Å². The summed E-state index contributed by atoms with van der Waals surface area (Å²) in [6, 6.07) is 14.7. The van der Waals surface area contributed by atoms with E-state index in [1.807, 2.05) is 12.1 Å². The van der Waals surface area contributed by atoms with Crippen LogP contribution in [0.1, 0.15) is 22.3 Å². The van der Waals surface area contributed by atoms with Crippen molar-refractivity contribution in [2.24, 2.45) is 4.99 Å². The Hall–Kier alpha value is -1.64. The zero-order valence-electron chi connectivity index (χ0n) is 13.1. The van der Waals surface area contributed by atoms with Crippen molar-refractivity contribution < 1.29 is 0 Å². The van der Waals surface area contributed by atoms with Crippen LogP contribution in [0.2, 0.25) is 5.02 Å². The molecule has 3 heteroatoms. The summed E-state index contributed by atoms with van der Waals surface area (Å²) in [7, 11) is 4.15. The Labute approximate surface area is 137 Å². The Kier molecular flexibility index (Phi) is 4.60. The van der Waals surface area contributed by atoms with Gasteiger partial charge in [-0.25, -0.2) is 0 Å². The second kappa shape index (κ2) is 6.64. The van der Waals surface area contributed by atoms with Crippen LogP contribution in [0.4, 0.5) is 0 Å². The average Bonchev–Trinajstić information content (AvgIpc) is 2.66. The van der Waals surface area contributed by atoms with Crippen molar-refractivity contribution in [3.05, 3.63) is 69.7 Å². The number of rotatable bonds is 3. The van der Waals surface area contributed by atoms with Gasteiger partial charge in [-0.3, -0.25) is 4.99 Å². The maximum absolute atomic E-state index is 6.44. The van der Waals surface area contributed by atoms with E-state index in [2.05, 4.69) is 49.3 Å². The Morgan fingerprint density at radius 1 is 1.00 bits per heavy atom. The topological polar surface area (TPSA) is 15.6 Å². The molecule has 0 bridgehead atoms. The minimum atomic E-state index is 0.794. The molecule has 0 spiro atoms. The number of fused-ring (bicyclic) bond motifs is 2. The molecule has 1 aliphatic rings. The van der Waals surface area contributed by atoms with E-state index in [0.717, 1.165) is 36.7 Å². The van der Waals surface area contributed by atoms with Crippen molar-refractivity contribution in [1.29, 1.82) is 0 Å². The van der Waals surface area contributed by atoms with Gasteiger partial charge in [0.15, 0.2) is 0 Å². The molecular formula is C19H21ClN2. The van der Waals surface area contributed by atoms with Crippen LogP contribution in [0.15, 0.2) is 47.5 Å². The molecule has 114 valence electrons. The first-order chi connectivity index (χ1) is 10.7. The normalized spacial score (nSPS) is 15.5. The maximum Gasteiger partial charge on any atom is 0.0725 e. The highest BCUT2D eigenvalue weighted by molar-refractivity contribution is 6.32. The van der Waals surface area contributed by atoms with E-state index < -0.39 is 0 Å². The Bertz CT molecular complexity index is 704. The summed E-state index contributed by atoms with van der Waals surface area (Å²) < 4.78 is 0. The number of likely N-dealkylation sites (N-methyl/N-ethyl adjacent to an activating group) is 1. The van der Waals surface area contributed by atoms with Gasteiger partial charge in [-0.15, -0.1) is 0 Å². The number of nitrogens with zero attached hydrogens (tertiary/aromatic N) is 2. The fraction of sp³-hybridized carbons (Fsp3) is 0.316. The van der Waals surface area contributed by atoms with Crippen LogP contribution in [0, 0.1) is 0 Å². The van der Waals surface area contributed by atoms with Crippen LogP contribution in [-0.2, 0) is 12.8 Å². The van der Waals surface area contributed by atoms with Crippen molar-refractivity contribution in [3.63, 3.8) is 0 Å². The minimum Gasteiger partial charge on any atom is -0.308 e. The lowest BCUT2D eigenvalue weighted by Gasteiger charge is -2.13. The number of benzene rings is 2. The third kappa shape index (κ3) is 3.08. The van der Waals surface area contributed by atoms with Gasteiger partial charge >= 0.3 is 0 Å². The standard InChI is InChI=1S/C19H21ClN2/c1-22(2)13-12-21-19-15-7-4-3-6-14(15)10-11-16-17(19)8-5-9-18(16)20/h3-9H,10-13H2,1-2H3/b21-19-. The molecule has 0 amide bonds. The minimum absolute atomic E-state index is 0.794. The highest BCUT2D eigenvalue weighted by Crippen LogP contribution is 2.29. The zero-order valence-corrected chi connectivity index (χ0v) is 13.9. The van der Waals surface area contributed by atoms with E-state index in [9.17, 15) is 0 Å². The van der Waals surface area contributed by atoms with Crippen LogP contribution >= 0.6 is 11.6 Å². The summed E-state index contributed by atoms with van der Waals surface area (Å²) in [4.78, 5) is 7.08. The predicted molar refractivity (Wildman–Crippen MR) is 94.4 cm³/mol. The van der Waals surface area contributed by atoms with Crippen LogP contribution in [0.25, 0.3) is 0 Å². The molecule has 22 heavy (non-hydrogen) atoms. The van der Waals surface area contributed by atoms with E-state index in [1.165, 1.54) is 22.3 Å². The van der Waals surface area contributed by atoms with Crippen LogP contribution in [0.3, 0.4) is 0 Å². The van der Waals surface area contributed by atoms with E-state index in [1.54, 1.807) is 0 Å². The molecule has 0 heterocycles. The lowest BCUT2D eigenvalue weighted by atomic mass is 9.98. The second-order valence-corrected chi connectivity index (χ2v) is 6.36. The Morgan fingerprint density at radius 2 is 1.77 bits per heavy atom. The molecule has 2 aromatic rings. The molecule has 2 nitrogen and oxygen atoms in total. The number of aliphatic imine (C=N–C) groups is 1. The van der Waals surface area contributed by atoms with E-state index >= 15 is 0 Å². The first kappa shape index (κ1) is 15.3. The molecule has 0 radical (unpaired) electrons. The lowest BCUT2D eigenvalue weighted by Crippen LogP contribution is -2.17. The number of halogens is 1. The first-order valence-electron chi connectivity index (χ1n) is 7.72. The van der Waals surface area contributed by atoms with Crippen LogP contribution in [0.5, 0.6) is 0 Å². The van der Waals surface area contributed by atoms with E-state index in [-0.39, 0.29) is 0 Å². The molecule has 0 saturated carbocycles. The van der Waals surface area contributed by atoms with Crippen LogP contribution < -0.4 is 0 Å². The van der Waals surface area contributed by atoms with Crippen molar-refractivity contribution in [2.75, 3.05) is 27.2 Å². The third-order valence-corrected chi connectivity index (χ3v) is 4.46. The van der Waals surface area contributed by atoms with Gasteiger partial charge in [-0.2, -0.15) is 0 Å². The van der Waals surface area contributed by atoms with Crippen LogP contribution in [-0.4, -0.2) is 37.8 Å². The second-order valence-electron chi connectivity index (χ2n) is 5.96. The molecule has 0 atom stereocenters. The number of hydrogen-bond donors (Lipinski definition) is 0. The molecular weight excluding hydrogens is 292 g/mol. The molecule has 0 aromatic heterocycles. The molecule has 3 rings (SSSR count). The van der Waals surface area contributed by atoms with Crippen molar-refractivity contribution >= 4 is 17.3 Å².